The normalized spacial score (nSPS) is 53.8. The predicted molar refractivity (Wildman–Crippen MR) is 127 cm³/mol. The molecule has 3 nitrogen and oxygen atoms in total. The third-order valence-electron chi connectivity index (χ3n) is 11.5. The summed E-state index contributed by atoms with van der Waals surface area (Å²) in [6, 6.07) is 0.624. The average Bonchev–Trinajstić information content (AvgIpc) is 2.98. The van der Waals surface area contributed by atoms with Crippen molar-refractivity contribution in [3.05, 3.63) is 11.6 Å². The smallest absolute Gasteiger partial charge is 0.0579 e. The molecule has 3 heteroatoms. The van der Waals surface area contributed by atoms with Crippen LogP contribution in [0, 0.1) is 46.3 Å². The van der Waals surface area contributed by atoms with Gasteiger partial charge in [0.2, 0.25) is 0 Å². The van der Waals surface area contributed by atoms with Crippen molar-refractivity contribution in [3.8, 4) is 0 Å². The standard InChI is InChI=1S/C28H47NO2/c1-17-6-9-24(29(5)16-17)18(2)26-25(31)15-23-21-8-7-19-14-20(30)10-12-27(19,3)22(21)11-13-28(23,26)4/h7,17-18,20-26,30-31H,6,8-16H2,1-5H3. The lowest BCUT2D eigenvalue weighted by Crippen LogP contribution is -2.53. The molecule has 0 amide bonds. The number of aliphatic hydroxyl groups excluding tert-OH is 2. The zero-order valence-corrected chi connectivity index (χ0v) is 20.7. The lowest BCUT2D eigenvalue weighted by molar-refractivity contribution is -0.0725. The molecule has 5 aliphatic rings. The number of fused-ring (bicyclic) bond motifs is 5. The summed E-state index contributed by atoms with van der Waals surface area (Å²) in [6.45, 7) is 11.1. The minimum atomic E-state index is -0.136. The molecule has 11 unspecified atom stereocenters. The first kappa shape index (κ1) is 22.4. The van der Waals surface area contributed by atoms with Crippen LogP contribution in [0.3, 0.4) is 0 Å². The van der Waals surface area contributed by atoms with Crippen molar-refractivity contribution in [2.24, 2.45) is 46.3 Å². The van der Waals surface area contributed by atoms with Gasteiger partial charge in [-0.1, -0.05) is 39.3 Å². The van der Waals surface area contributed by atoms with Crippen molar-refractivity contribution in [1.29, 1.82) is 0 Å². The van der Waals surface area contributed by atoms with Crippen LogP contribution in [0.4, 0.5) is 0 Å². The predicted octanol–water partition coefficient (Wildman–Crippen LogP) is 5.26. The molecule has 0 aromatic heterocycles. The van der Waals surface area contributed by atoms with Crippen LogP contribution in [0.1, 0.15) is 85.5 Å². The maximum Gasteiger partial charge on any atom is 0.0579 e. The average molecular weight is 430 g/mol. The largest absolute Gasteiger partial charge is 0.393 e. The maximum absolute atomic E-state index is 11.5. The van der Waals surface area contributed by atoms with E-state index in [9.17, 15) is 10.2 Å². The Kier molecular flexibility index (Phi) is 5.67. The summed E-state index contributed by atoms with van der Waals surface area (Å²) in [4.78, 5) is 2.61. The fourth-order valence-electron chi connectivity index (χ4n) is 9.94. The second kappa shape index (κ2) is 7.84. The molecule has 4 fully saturated rings. The molecule has 1 aliphatic heterocycles. The van der Waals surface area contributed by atoms with Gasteiger partial charge in [0.1, 0.15) is 0 Å². The molecule has 1 saturated heterocycles. The van der Waals surface area contributed by atoms with Crippen molar-refractivity contribution in [1.82, 2.24) is 4.90 Å². The van der Waals surface area contributed by atoms with E-state index in [2.05, 4.69) is 45.7 Å². The van der Waals surface area contributed by atoms with Gasteiger partial charge in [-0.25, -0.2) is 0 Å². The lowest BCUT2D eigenvalue weighted by Gasteiger charge is -2.58. The van der Waals surface area contributed by atoms with Crippen LogP contribution in [-0.4, -0.2) is 47.0 Å². The number of piperidine rings is 1. The number of hydrogen-bond acceptors (Lipinski definition) is 3. The number of likely N-dealkylation sites (tertiary alicyclic amines) is 1. The van der Waals surface area contributed by atoms with E-state index in [0.717, 1.165) is 43.4 Å². The minimum Gasteiger partial charge on any atom is -0.393 e. The highest BCUT2D eigenvalue weighted by molar-refractivity contribution is 5.25. The van der Waals surface area contributed by atoms with E-state index in [1.807, 2.05) is 0 Å². The summed E-state index contributed by atoms with van der Waals surface area (Å²) in [6.07, 6.45) is 12.7. The number of aliphatic hydroxyl groups is 2. The van der Waals surface area contributed by atoms with Crippen LogP contribution in [0.2, 0.25) is 0 Å². The van der Waals surface area contributed by atoms with Crippen molar-refractivity contribution < 1.29 is 10.2 Å². The molecule has 31 heavy (non-hydrogen) atoms. The summed E-state index contributed by atoms with van der Waals surface area (Å²) in [5.41, 5.74) is 2.12. The van der Waals surface area contributed by atoms with E-state index in [-0.39, 0.29) is 23.0 Å². The van der Waals surface area contributed by atoms with Gasteiger partial charge in [-0.15, -0.1) is 0 Å². The van der Waals surface area contributed by atoms with E-state index >= 15 is 0 Å². The molecule has 0 aromatic rings. The van der Waals surface area contributed by atoms with E-state index in [1.165, 1.54) is 38.6 Å². The van der Waals surface area contributed by atoms with Gasteiger partial charge in [-0.3, -0.25) is 0 Å². The highest BCUT2D eigenvalue weighted by atomic mass is 16.3. The van der Waals surface area contributed by atoms with E-state index in [1.54, 1.807) is 5.57 Å². The zero-order chi connectivity index (χ0) is 22.1. The Hall–Kier alpha value is -0.380. The van der Waals surface area contributed by atoms with Gasteiger partial charge >= 0.3 is 0 Å². The first-order valence-corrected chi connectivity index (χ1v) is 13.4. The Bertz CT molecular complexity index is 720. The van der Waals surface area contributed by atoms with Gasteiger partial charge in [-0.2, -0.15) is 0 Å². The molecule has 0 aromatic carbocycles. The summed E-state index contributed by atoms with van der Waals surface area (Å²) in [7, 11) is 2.32. The van der Waals surface area contributed by atoms with Crippen LogP contribution in [-0.2, 0) is 0 Å². The van der Waals surface area contributed by atoms with Crippen molar-refractivity contribution in [3.63, 3.8) is 0 Å². The Morgan fingerprint density at radius 2 is 1.84 bits per heavy atom. The van der Waals surface area contributed by atoms with Gasteiger partial charge in [0, 0.05) is 12.6 Å². The Balaban J connectivity index is 1.40. The monoisotopic (exact) mass is 429 g/mol. The molecule has 5 rings (SSSR count). The number of allylic oxidation sites excluding steroid dienone is 1. The molecular weight excluding hydrogens is 382 g/mol. The first-order valence-electron chi connectivity index (χ1n) is 13.4. The van der Waals surface area contributed by atoms with E-state index < -0.39 is 0 Å². The highest BCUT2D eigenvalue weighted by Gasteiger charge is 2.62. The van der Waals surface area contributed by atoms with Gasteiger partial charge in [0.25, 0.3) is 0 Å². The Morgan fingerprint density at radius 3 is 2.58 bits per heavy atom. The molecule has 0 bridgehead atoms. The molecular formula is C28H47NO2. The second-order valence-corrected chi connectivity index (χ2v) is 13.1. The topological polar surface area (TPSA) is 43.7 Å². The van der Waals surface area contributed by atoms with Gasteiger partial charge in [-0.05, 0) is 111 Å². The molecule has 4 aliphatic carbocycles. The quantitative estimate of drug-likeness (QED) is 0.588. The van der Waals surface area contributed by atoms with Crippen LogP contribution < -0.4 is 0 Å². The van der Waals surface area contributed by atoms with Crippen molar-refractivity contribution in [2.45, 2.75) is 104 Å². The lowest BCUT2D eigenvalue weighted by atomic mass is 9.47. The van der Waals surface area contributed by atoms with E-state index in [4.69, 9.17) is 0 Å². The summed E-state index contributed by atoms with van der Waals surface area (Å²) in [5.74, 6) is 3.93. The summed E-state index contributed by atoms with van der Waals surface area (Å²) < 4.78 is 0. The van der Waals surface area contributed by atoms with E-state index in [0.29, 0.717) is 23.8 Å². The zero-order valence-electron chi connectivity index (χ0n) is 20.7. The number of nitrogens with zero attached hydrogens (tertiary/aromatic N) is 1. The fourth-order valence-corrected chi connectivity index (χ4v) is 9.94. The molecule has 2 N–H and O–H groups in total. The maximum atomic E-state index is 11.5. The first-order chi connectivity index (χ1) is 14.6. The van der Waals surface area contributed by atoms with Gasteiger partial charge in [0.15, 0.2) is 0 Å². The summed E-state index contributed by atoms with van der Waals surface area (Å²) >= 11 is 0. The van der Waals surface area contributed by atoms with Crippen LogP contribution >= 0.6 is 0 Å². The molecule has 11 atom stereocenters. The minimum absolute atomic E-state index is 0.126. The van der Waals surface area contributed by atoms with Crippen molar-refractivity contribution in [2.75, 3.05) is 13.6 Å². The van der Waals surface area contributed by atoms with Crippen LogP contribution in [0.25, 0.3) is 0 Å². The Morgan fingerprint density at radius 1 is 1.06 bits per heavy atom. The Labute approximate surface area is 190 Å². The molecule has 0 spiro atoms. The van der Waals surface area contributed by atoms with Crippen LogP contribution in [0.15, 0.2) is 11.6 Å². The molecule has 0 radical (unpaired) electrons. The summed E-state index contributed by atoms with van der Waals surface area (Å²) in [5, 5.41) is 21.7. The van der Waals surface area contributed by atoms with Crippen molar-refractivity contribution >= 4 is 0 Å². The second-order valence-electron chi connectivity index (χ2n) is 13.1. The van der Waals surface area contributed by atoms with Gasteiger partial charge < -0.3 is 15.1 Å². The third-order valence-corrected chi connectivity index (χ3v) is 11.5. The SMILES string of the molecule is CC1CCC(C(C)C2C(O)CC3C4CC=C5CC(O)CCC5(C)C4CCC32C)N(C)C1. The molecule has 176 valence electrons. The molecule has 1 heterocycles. The van der Waals surface area contributed by atoms with Crippen LogP contribution in [0.5, 0.6) is 0 Å². The number of hydrogen-bond donors (Lipinski definition) is 2. The molecule has 3 saturated carbocycles. The third kappa shape index (κ3) is 3.39. The number of rotatable bonds is 2. The highest BCUT2D eigenvalue weighted by Crippen LogP contribution is 2.67. The van der Waals surface area contributed by atoms with Gasteiger partial charge in [0.05, 0.1) is 12.2 Å². The fraction of sp³-hybridized carbons (Fsp3) is 0.929.